The highest BCUT2D eigenvalue weighted by atomic mass is 16.5. The molecule has 0 aromatic heterocycles. The molecule has 2 fully saturated rings. The number of hydrogen-bond donors (Lipinski definition) is 1. The Kier molecular flexibility index (Phi) is 4.80. The van der Waals surface area contributed by atoms with Gasteiger partial charge in [0.2, 0.25) is 0 Å². The fraction of sp³-hybridized carbons (Fsp3) is 0.923. The van der Waals surface area contributed by atoms with Gasteiger partial charge in [-0.25, -0.2) is 0 Å². The van der Waals surface area contributed by atoms with Crippen LogP contribution in [-0.2, 0) is 9.53 Å². The van der Waals surface area contributed by atoms with Crippen molar-refractivity contribution in [3.8, 4) is 0 Å². The van der Waals surface area contributed by atoms with Gasteiger partial charge in [0.25, 0.3) is 0 Å². The summed E-state index contributed by atoms with van der Waals surface area (Å²) in [5.41, 5.74) is 0. The van der Waals surface area contributed by atoms with Crippen molar-refractivity contribution in [2.75, 3.05) is 33.3 Å². The first-order chi connectivity index (χ1) is 8.33. The number of hydrogen-bond acceptors (Lipinski definition) is 4. The number of carbonyl (C=O) groups is 1. The third kappa shape index (κ3) is 3.19. The molecule has 0 aromatic carbocycles. The normalized spacial score (nSPS) is 25.5. The van der Waals surface area contributed by atoms with Crippen LogP contribution in [0.5, 0.6) is 0 Å². The van der Waals surface area contributed by atoms with Gasteiger partial charge in [-0.1, -0.05) is 12.8 Å². The van der Waals surface area contributed by atoms with E-state index in [0.29, 0.717) is 5.92 Å². The zero-order valence-electron chi connectivity index (χ0n) is 10.8. The van der Waals surface area contributed by atoms with Gasteiger partial charge in [0, 0.05) is 19.6 Å². The molecule has 0 spiro atoms. The van der Waals surface area contributed by atoms with Gasteiger partial charge >= 0.3 is 5.97 Å². The molecule has 4 heteroatoms. The first-order valence-corrected chi connectivity index (χ1v) is 6.85. The van der Waals surface area contributed by atoms with Gasteiger partial charge in [0.05, 0.1) is 7.11 Å². The molecule has 17 heavy (non-hydrogen) atoms. The van der Waals surface area contributed by atoms with Crippen LogP contribution in [0, 0.1) is 5.92 Å². The summed E-state index contributed by atoms with van der Waals surface area (Å²) in [6, 6.07) is 0.00222. The van der Waals surface area contributed by atoms with Crippen LogP contribution in [0.3, 0.4) is 0 Å². The maximum absolute atomic E-state index is 12.0. The summed E-state index contributed by atoms with van der Waals surface area (Å²) >= 11 is 0. The van der Waals surface area contributed by atoms with Gasteiger partial charge in [0.15, 0.2) is 0 Å². The molecule has 1 aliphatic carbocycles. The lowest BCUT2D eigenvalue weighted by Crippen LogP contribution is -2.47. The second-order valence-electron chi connectivity index (χ2n) is 5.15. The smallest absolute Gasteiger partial charge is 0.323 e. The minimum absolute atomic E-state index is 0.00222. The fourth-order valence-electron chi connectivity index (χ4n) is 3.18. The van der Waals surface area contributed by atoms with Gasteiger partial charge in [-0.05, 0) is 31.7 Å². The van der Waals surface area contributed by atoms with E-state index in [2.05, 4.69) is 10.2 Å². The van der Waals surface area contributed by atoms with Crippen molar-refractivity contribution in [3.63, 3.8) is 0 Å². The zero-order chi connectivity index (χ0) is 12.1. The molecular weight excluding hydrogens is 216 g/mol. The molecule has 0 amide bonds. The Hall–Kier alpha value is -0.610. The van der Waals surface area contributed by atoms with Gasteiger partial charge in [0.1, 0.15) is 6.04 Å². The zero-order valence-corrected chi connectivity index (χ0v) is 10.8. The van der Waals surface area contributed by atoms with E-state index < -0.39 is 0 Å². The van der Waals surface area contributed by atoms with Crippen LogP contribution in [0.2, 0.25) is 0 Å². The van der Waals surface area contributed by atoms with Gasteiger partial charge in [-0.3, -0.25) is 9.69 Å². The molecule has 0 bridgehead atoms. The highest BCUT2D eigenvalue weighted by Gasteiger charge is 2.36. The van der Waals surface area contributed by atoms with E-state index in [4.69, 9.17) is 4.74 Å². The standard InChI is InChI=1S/C13H24N2O2/c1-17-13(16)12(11-5-2-3-6-11)15-9-4-7-14-8-10-15/h11-12,14H,2-10H2,1H3. The van der Waals surface area contributed by atoms with E-state index in [0.717, 1.165) is 32.6 Å². The van der Waals surface area contributed by atoms with E-state index in [1.54, 1.807) is 0 Å². The molecule has 1 saturated heterocycles. The number of ether oxygens (including phenoxy) is 1. The molecule has 2 aliphatic rings. The molecule has 1 unspecified atom stereocenters. The Morgan fingerprint density at radius 3 is 2.71 bits per heavy atom. The minimum atomic E-state index is -0.0289. The number of rotatable bonds is 3. The highest BCUT2D eigenvalue weighted by molar-refractivity contribution is 5.76. The largest absolute Gasteiger partial charge is 0.468 e. The lowest BCUT2D eigenvalue weighted by Gasteiger charge is -2.32. The fourth-order valence-corrected chi connectivity index (χ4v) is 3.18. The predicted octanol–water partition coefficient (Wildman–Crippen LogP) is 1.01. The summed E-state index contributed by atoms with van der Waals surface area (Å²) in [5, 5.41) is 3.39. The lowest BCUT2D eigenvalue weighted by atomic mass is 9.96. The van der Waals surface area contributed by atoms with Crippen LogP contribution in [-0.4, -0.2) is 50.2 Å². The molecule has 1 atom stereocenters. The second kappa shape index (κ2) is 6.36. The Morgan fingerprint density at radius 2 is 2.00 bits per heavy atom. The number of esters is 1. The Labute approximate surface area is 104 Å². The summed E-state index contributed by atoms with van der Waals surface area (Å²) in [5.74, 6) is 0.486. The number of nitrogens with zero attached hydrogens (tertiary/aromatic N) is 1. The van der Waals surface area contributed by atoms with Crippen molar-refractivity contribution < 1.29 is 9.53 Å². The van der Waals surface area contributed by atoms with Crippen LogP contribution in [0.25, 0.3) is 0 Å². The molecular formula is C13H24N2O2. The Morgan fingerprint density at radius 1 is 1.24 bits per heavy atom. The molecule has 4 nitrogen and oxygen atoms in total. The molecule has 1 N–H and O–H groups in total. The summed E-state index contributed by atoms with van der Waals surface area (Å²) < 4.78 is 5.02. The van der Waals surface area contributed by atoms with Gasteiger partial charge in [-0.15, -0.1) is 0 Å². The van der Waals surface area contributed by atoms with Crippen molar-refractivity contribution >= 4 is 5.97 Å². The van der Waals surface area contributed by atoms with Crippen LogP contribution >= 0.6 is 0 Å². The van der Waals surface area contributed by atoms with Crippen molar-refractivity contribution in [1.29, 1.82) is 0 Å². The van der Waals surface area contributed by atoms with Gasteiger partial charge < -0.3 is 10.1 Å². The summed E-state index contributed by atoms with van der Waals surface area (Å²) in [6.45, 7) is 4.04. The average Bonchev–Trinajstić information content (AvgIpc) is 2.73. The van der Waals surface area contributed by atoms with Crippen molar-refractivity contribution in [2.24, 2.45) is 5.92 Å². The maximum atomic E-state index is 12.0. The van der Waals surface area contributed by atoms with Crippen molar-refractivity contribution in [1.82, 2.24) is 10.2 Å². The maximum Gasteiger partial charge on any atom is 0.323 e. The van der Waals surface area contributed by atoms with Crippen LogP contribution in [0.4, 0.5) is 0 Å². The van der Waals surface area contributed by atoms with E-state index in [1.165, 1.54) is 32.8 Å². The van der Waals surface area contributed by atoms with E-state index >= 15 is 0 Å². The number of nitrogens with one attached hydrogen (secondary N) is 1. The predicted molar refractivity (Wildman–Crippen MR) is 66.8 cm³/mol. The van der Waals surface area contributed by atoms with Crippen molar-refractivity contribution in [3.05, 3.63) is 0 Å². The van der Waals surface area contributed by atoms with E-state index in [-0.39, 0.29) is 12.0 Å². The topological polar surface area (TPSA) is 41.6 Å². The molecule has 0 aromatic rings. The van der Waals surface area contributed by atoms with E-state index in [1.807, 2.05) is 0 Å². The molecule has 1 aliphatic heterocycles. The first-order valence-electron chi connectivity index (χ1n) is 6.85. The van der Waals surface area contributed by atoms with Crippen LogP contribution < -0.4 is 5.32 Å². The Balaban J connectivity index is 2.04. The highest BCUT2D eigenvalue weighted by Crippen LogP contribution is 2.31. The van der Waals surface area contributed by atoms with Crippen LogP contribution in [0.1, 0.15) is 32.1 Å². The van der Waals surface area contributed by atoms with Gasteiger partial charge in [-0.2, -0.15) is 0 Å². The molecule has 2 rings (SSSR count). The summed E-state index contributed by atoms with van der Waals surface area (Å²) in [6.07, 6.45) is 6.03. The third-order valence-corrected chi connectivity index (χ3v) is 4.06. The third-order valence-electron chi connectivity index (χ3n) is 4.06. The quantitative estimate of drug-likeness (QED) is 0.748. The second-order valence-corrected chi connectivity index (χ2v) is 5.15. The molecule has 0 radical (unpaired) electrons. The SMILES string of the molecule is COC(=O)C(C1CCCC1)N1CCCNCC1. The van der Waals surface area contributed by atoms with Crippen LogP contribution in [0.15, 0.2) is 0 Å². The lowest BCUT2D eigenvalue weighted by molar-refractivity contribution is -0.149. The number of methoxy groups -OCH3 is 1. The average molecular weight is 240 g/mol. The molecule has 98 valence electrons. The monoisotopic (exact) mass is 240 g/mol. The molecule has 1 saturated carbocycles. The van der Waals surface area contributed by atoms with E-state index in [9.17, 15) is 4.79 Å². The summed E-state index contributed by atoms with van der Waals surface area (Å²) in [4.78, 5) is 14.4. The first kappa shape index (κ1) is 12.8. The van der Waals surface area contributed by atoms with Crippen molar-refractivity contribution in [2.45, 2.75) is 38.1 Å². The number of carbonyl (C=O) groups excluding carboxylic acids is 1. The minimum Gasteiger partial charge on any atom is -0.468 e. The summed E-state index contributed by atoms with van der Waals surface area (Å²) in [7, 11) is 1.51. The Bertz CT molecular complexity index is 244. The molecule has 1 heterocycles.